The van der Waals surface area contributed by atoms with Crippen LogP contribution in [0, 0.1) is 0 Å². The zero-order chi connectivity index (χ0) is 4.12. The van der Waals surface area contributed by atoms with E-state index in [9.17, 15) is 0 Å². The Morgan fingerprint density at radius 2 is 1.57 bits per heavy atom. The van der Waals surface area contributed by atoms with Crippen molar-refractivity contribution < 1.29 is 2.85 Å². The Morgan fingerprint density at radius 1 is 1.29 bits per heavy atom. The summed E-state index contributed by atoms with van der Waals surface area (Å²) >= 11 is 0.815. The Morgan fingerprint density at radius 3 is 1.57 bits per heavy atom. The fourth-order valence-corrected chi connectivity index (χ4v) is 0.866. The molecule has 0 saturated heterocycles. The first kappa shape index (κ1) is 15.8. The molecule has 0 nitrogen and oxygen atoms in total. The predicted octanol–water partition coefficient (Wildman–Crippen LogP) is 1.83. The van der Waals surface area contributed by atoms with Gasteiger partial charge >= 0.3 is 23.1 Å². The van der Waals surface area contributed by atoms with E-state index in [1.54, 1.807) is 0 Å². The molecule has 0 rings (SSSR count). The van der Waals surface area contributed by atoms with E-state index in [2.05, 4.69) is 13.8 Å². The molecule has 0 spiro atoms. The van der Waals surface area contributed by atoms with Crippen molar-refractivity contribution in [2.75, 3.05) is 0 Å². The van der Waals surface area contributed by atoms with Crippen molar-refractivity contribution in [1.29, 1.82) is 0 Å². The minimum atomic E-state index is 0. The van der Waals surface area contributed by atoms with Gasteiger partial charge in [0.15, 0.2) is 15.2 Å². The molecule has 0 aliphatic heterocycles. The van der Waals surface area contributed by atoms with Crippen molar-refractivity contribution in [3.8, 4) is 0 Å². The van der Waals surface area contributed by atoms with Crippen LogP contribution in [0.1, 0.15) is 16.7 Å². The van der Waals surface area contributed by atoms with Crippen molar-refractivity contribution in [1.82, 2.24) is 0 Å². The summed E-state index contributed by atoms with van der Waals surface area (Å²) in [7, 11) is 0. The summed E-state index contributed by atoms with van der Waals surface area (Å²) in [5.41, 5.74) is 0. The maximum atomic E-state index is 2.25. The second kappa shape index (κ2) is 15.6. The summed E-state index contributed by atoms with van der Waals surface area (Å²) < 4.78 is 0. The van der Waals surface area contributed by atoms with Crippen molar-refractivity contribution >= 4 is 50.7 Å². The third kappa shape index (κ3) is 18.4. The topological polar surface area (TPSA) is 0 Å². The van der Waals surface area contributed by atoms with Crippen molar-refractivity contribution in [3.05, 3.63) is 0 Å². The second-order valence-corrected chi connectivity index (χ2v) is 3.32. The minimum Gasteiger partial charge on any atom is -1.00 e. The monoisotopic (exact) mass is 147 g/mol. The van der Waals surface area contributed by atoms with Crippen LogP contribution in [0.5, 0.6) is 0 Å². The van der Waals surface area contributed by atoms with Crippen LogP contribution in [-0.4, -0.2) is 38.3 Å². The van der Waals surface area contributed by atoms with Gasteiger partial charge in [-0.15, -0.1) is 23.0 Å². The van der Waals surface area contributed by atoms with Crippen LogP contribution in [0.15, 0.2) is 0 Å². The molecule has 0 aromatic carbocycles. The molecule has 0 aliphatic rings. The van der Waals surface area contributed by atoms with Crippen LogP contribution in [0.2, 0.25) is 10.6 Å². The Balaban J connectivity index is -0.0000000133. The van der Waals surface area contributed by atoms with Gasteiger partial charge in [-0.25, -0.2) is 0 Å². The summed E-state index contributed by atoms with van der Waals surface area (Å²) in [5, 5.41) is 2.85. The molecule has 0 saturated carbocycles. The number of rotatable bonds is 2. The van der Waals surface area contributed by atoms with E-state index in [0.29, 0.717) is 0 Å². The van der Waals surface area contributed by atoms with Crippen LogP contribution in [0.25, 0.3) is 0 Å². The van der Waals surface area contributed by atoms with Crippen LogP contribution >= 0.6 is 12.4 Å². The largest absolute Gasteiger partial charge is 2.00 e. The molecule has 3 heteroatoms. The summed E-state index contributed by atoms with van der Waals surface area (Å²) in [6.45, 7) is 4.50. The third-order valence-corrected chi connectivity index (χ3v) is 1.73. The SMILES string of the molecule is C[CH2][Al][CH2]C.Cl.[H-].[H-].[Mg+2]. The van der Waals surface area contributed by atoms with Gasteiger partial charge in [-0.05, 0) is 0 Å². The van der Waals surface area contributed by atoms with Gasteiger partial charge in [0.1, 0.15) is 0 Å². The third-order valence-electron chi connectivity index (χ3n) is 0.577. The fraction of sp³-hybridized carbons (Fsp3) is 1.00. The van der Waals surface area contributed by atoms with Gasteiger partial charge in [0.25, 0.3) is 0 Å². The van der Waals surface area contributed by atoms with Gasteiger partial charge < -0.3 is 2.85 Å². The molecule has 1 radical (unpaired) electrons. The van der Waals surface area contributed by atoms with E-state index in [-0.39, 0.29) is 38.3 Å². The molecule has 0 heterocycles. The second-order valence-electron chi connectivity index (χ2n) is 1.11. The van der Waals surface area contributed by atoms with Crippen LogP contribution in [-0.2, 0) is 0 Å². The molecular formula is C4H13AlClMg. The molecule has 0 fully saturated rings. The van der Waals surface area contributed by atoms with Crippen molar-refractivity contribution in [2.45, 2.75) is 24.4 Å². The summed E-state index contributed by atoms with van der Waals surface area (Å²) in [6.07, 6.45) is 0. The average molecular weight is 148 g/mol. The van der Waals surface area contributed by atoms with Gasteiger partial charge in [-0.3, -0.25) is 0 Å². The molecule has 7 heavy (non-hydrogen) atoms. The first-order valence-electron chi connectivity index (χ1n) is 2.23. The molecule has 0 amide bonds. The molecule has 41 valence electrons. The predicted molar refractivity (Wildman–Crippen MR) is 41.9 cm³/mol. The fourth-order valence-electron chi connectivity index (χ4n) is 0.289. The van der Waals surface area contributed by atoms with Crippen LogP contribution < -0.4 is 0 Å². The van der Waals surface area contributed by atoms with Gasteiger partial charge in [0.05, 0.1) is 0 Å². The summed E-state index contributed by atoms with van der Waals surface area (Å²) in [5.74, 6) is 0. The van der Waals surface area contributed by atoms with Gasteiger partial charge in [0, 0.05) is 0 Å². The molecule has 0 N–H and O–H groups in total. The standard InChI is InChI=1S/2C2H5.Al.ClH.Mg.2H/c2*1-2;;;;;/h2*1H2,2H3;;1H;;;/q;;;;+2;2*-1. The molecule has 0 aliphatic carbocycles. The Hall–Kier alpha value is 1.59. The van der Waals surface area contributed by atoms with Gasteiger partial charge in [-0.2, -0.15) is 0 Å². The maximum Gasteiger partial charge on any atom is 2.00 e. The minimum absolute atomic E-state index is 0. The number of hydrogen-bond donors (Lipinski definition) is 0. The molecule has 0 atom stereocenters. The van der Waals surface area contributed by atoms with E-state index < -0.39 is 0 Å². The quantitative estimate of drug-likeness (QED) is 0.524. The van der Waals surface area contributed by atoms with Crippen molar-refractivity contribution in [3.63, 3.8) is 0 Å². The Kier molecular flexibility index (Phi) is 35.4. The van der Waals surface area contributed by atoms with Crippen LogP contribution in [0.4, 0.5) is 0 Å². The zero-order valence-corrected chi connectivity index (χ0v) is 8.49. The summed E-state index contributed by atoms with van der Waals surface area (Å²) in [6, 6.07) is 0. The molecule has 0 unspecified atom stereocenters. The molecular weight excluding hydrogens is 135 g/mol. The van der Waals surface area contributed by atoms with Gasteiger partial charge in [-0.1, -0.05) is 13.8 Å². The van der Waals surface area contributed by atoms with E-state index in [1.165, 1.54) is 10.6 Å². The Bertz CT molecular complexity index is 26.0. The van der Waals surface area contributed by atoms with E-state index in [4.69, 9.17) is 0 Å². The first-order chi connectivity index (χ1) is 2.41. The number of halogens is 1. The summed E-state index contributed by atoms with van der Waals surface area (Å²) in [4.78, 5) is 0. The van der Waals surface area contributed by atoms with Gasteiger partial charge in [0.2, 0.25) is 0 Å². The van der Waals surface area contributed by atoms with E-state index in [0.717, 1.165) is 15.2 Å². The number of hydrogen-bond acceptors (Lipinski definition) is 0. The van der Waals surface area contributed by atoms with E-state index >= 15 is 0 Å². The normalized spacial score (nSPS) is 5.43. The van der Waals surface area contributed by atoms with E-state index in [1.807, 2.05) is 0 Å². The Labute approximate surface area is 77.7 Å². The first-order valence-corrected chi connectivity index (χ1v) is 3.86. The van der Waals surface area contributed by atoms with Crippen LogP contribution in [0.3, 0.4) is 0 Å². The molecule has 0 bridgehead atoms. The molecule has 0 aromatic heterocycles. The smallest absolute Gasteiger partial charge is 1.00 e. The maximum absolute atomic E-state index is 2.25. The zero-order valence-electron chi connectivity index (χ0n) is 7.11. The average Bonchev–Trinajstić information content (AvgIpc) is 1.41. The molecule has 0 aromatic rings. The van der Waals surface area contributed by atoms with Crippen molar-refractivity contribution in [2.24, 2.45) is 0 Å².